The van der Waals surface area contributed by atoms with Crippen molar-refractivity contribution >= 4 is 17.0 Å². The lowest BCUT2D eigenvalue weighted by Gasteiger charge is -2.14. The molecule has 1 unspecified atom stereocenters. The molecule has 2 aromatic heterocycles. The summed E-state index contributed by atoms with van der Waals surface area (Å²) in [6.45, 7) is 0.336. The van der Waals surface area contributed by atoms with Crippen molar-refractivity contribution in [3.8, 4) is 0 Å². The zero-order chi connectivity index (χ0) is 15.8. The Morgan fingerprint density at radius 3 is 2.86 bits per heavy atom. The van der Waals surface area contributed by atoms with Crippen LogP contribution < -0.4 is 10.9 Å². The Morgan fingerprint density at radius 1 is 1.57 bits per heavy atom. The Balaban J connectivity index is 2.28. The van der Waals surface area contributed by atoms with Gasteiger partial charge >= 0.3 is 6.18 Å². The van der Waals surface area contributed by atoms with Gasteiger partial charge in [-0.15, -0.1) is 0 Å². The molecule has 1 atom stereocenters. The summed E-state index contributed by atoms with van der Waals surface area (Å²) in [6, 6.07) is 0. The van der Waals surface area contributed by atoms with E-state index >= 15 is 0 Å². The molecule has 0 bridgehead atoms. The zero-order valence-corrected chi connectivity index (χ0v) is 10.6. The topological polar surface area (TPSA) is 108 Å². The van der Waals surface area contributed by atoms with Crippen molar-refractivity contribution in [2.45, 2.75) is 19.2 Å². The molecule has 1 amide bonds. The molecule has 0 saturated heterocycles. The summed E-state index contributed by atoms with van der Waals surface area (Å²) in [5, 5.41) is 10.6. The Morgan fingerprint density at radius 2 is 2.24 bits per heavy atom. The maximum Gasteiger partial charge on any atom is 0.416 e. The lowest BCUT2D eigenvalue weighted by atomic mass is 10.1. The van der Waals surface area contributed by atoms with Gasteiger partial charge in [-0.05, 0) is 6.92 Å². The van der Waals surface area contributed by atoms with Gasteiger partial charge in [0, 0.05) is 0 Å². The fourth-order valence-electron chi connectivity index (χ4n) is 1.72. The van der Waals surface area contributed by atoms with Crippen molar-refractivity contribution in [3.05, 3.63) is 28.0 Å². The predicted molar refractivity (Wildman–Crippen MR) is 63.8 cm³/mol. The number of hydrogen-bond donors (Lipinski definition) is 3. The Hall–Kier alpha value is -2.36. The van der Waals surface area contributed by atoms with E-state index in [0.717, 1.165) is 6.33 Å². The van der Waals surface area contributed by atoms with E-state index in [-0.39, 0.29) is 22.4 Å². The molecule has 21 heavy (non-hydrogen) atoms. The second-order valence-electron chi connectivity index (χ2n) is 4.21. The normalized spacial score (nSPS) is 13.4. The second kappa shape index (κ2) is 5.20. The number of carbonyl (C=O) groups excluding carboxylic acids is 1. The summed E-state index contributed by atoms with van der Waals surface area (Å²) in [4.78, 5) is 29.5. The van der Waals surface area contributed by atoms with Crippen LogP contribution in [0.25, 0.3) is 11.1 Å². The summed E-state index contributed by atoms with van der Waals surface area (Å²) >= 11 is 0. The minimum absolute atomic E-state index is 0.0354. The number of amides is 1. The lowest BCUT2D eigenvalue weighted by molar-refractivity contribution is -0.201. The number of carbonyl (C=O) groups is 1. The Labute approximate surface area is 114 Å². The quantitative estimate of drug-likeness (QED) is 0.764. The molecule has 0 aromatic carbocycles. The molecule has 114 valence electrons. The van der Waals surface area contributed by atoms with Gasteiger partial charge in [-0.1, -0.05) is 0 Å². The molecule has 10 heteroatoms. The van der Waals surface area contributed by atoms with Crippen LogP contribution in [0.4, 0.5) is 13.2 Å². The van der Waals surface area contributed by atoms with Gasteiger partial charge < -0.3 is 19.8 Å². The summed E-state index contributed by atoms with van der Waals surface area (Å²) < 4.78 is 41.6. The van der Waals surface area contributed by atoms with E-state index in [1.54, 1.807) is 0 Å². The molecule has 2 heterocycles. The van der Waals surface area contributed by atoms with Gasteiger partial charge in [0.2, 0.25) is 5.71 Å². The third-order valence-electron chi connectivity index (χ3n) is 2.73. The van der Waals surface area contributed by atoms with Crippen molar-refractivity contribution < 1.29 is 27.5 Å². The molecule has 2 aromatic rings. The van der Waals surface area contributed by atoms with Crippen LogP contribution in [0.15, 0.2) is 15.5 Å². The number of nitrogens with one attached hydrogen (secondary N) is 2. The number of fused-ring (bicyclic) bond motifs is 1. The molecule has 3 N–H and O–H groups in total. The molecule has 0 fully saturated rings. The fraction of sp³-hybridized carbons (Fsp3) is 0.364. The maximum absolute atomic E-state index is 12.2. The number of halogens is 3. The molecule has 0 aliphatic heterocycles. The third kappa shape index (κ3) is 2.89. The first kappa shape index (κ1) is 15.0. The summed E-state index contributed by atoms with van der Waals surface area (Å²) in [5.41, 5.74) is -0.968. The van der Waals surface area contributed by atoms with E-state index in [9.17, 15) is 22.8 Å². The Bertz CT molecular complexity index is 734. The van der Waals surface area contributed by atoms with Gasteiger partial charge in [-0.2, -0.15) is 13.2 Å². The molecule has 0 spiro atoms. The highest BCUT2D eigenvalue weighted by Gasteiger charge is 2.38. The number of aromatic nitrogens is 2. The molecule has 2 rings (SSSR count). The van der Waals surface area contributed by atoms with Crippen LogP contribution >= 0.6 is 0 Å². The zero-order valence-electron chi connectivity index (χ0n) is 10.6. The Kier molecular flexibility index (Phi) is 3.73. The van der Waals surface area contributed by atoms with Crippen molar-refractivity contribution in [1.82, 2.24) is 15.3 Å². The van der Waals surface area contributed by atoms with Gasteiger partial charge in [-0.25, -0.2) is 4.98 Å². The number of hydrogen-bond acceptors (Lipinski definition) is 5. The average molecular weight is 305 g/mol. The predicted octanol–water partition coefficient (Wildman–Crippen LogP) is 0.478. The highest BCUT2D eigenvalue weighted by molar-refractivity contribution is 6.06. The maximum atomic E-state index is 12.2. The van der Waals surface area contributed by atoms with E-state index in [0.29, 0.717) is 0 Å². The number of rotatable bonds is 3. The standard InChI is InChI=1S/C11H10F3N3O4/c1-4-6(7-9(20)16-3-17-10(7)21-4)8(19)15-2-5(18)11(12,13)14/h3,5,18H,2H2,1H3,(H,15,19)(H,16,17,20). The van der Waals surface area contributed by atoms with Gasteiger partial charge in [0.1, 0.15) is 11.1 Å². The van der Waals surface area contributed by atoms with Crippen LogP contribution in [0.5, 0.6) is 0 Å². The number of alkyl halides is 3. The minimum atomic E-state index is -4.85. The van der Waals surface area contributed by atoms with Gasteiger partial charge in [0.05, 0.1) is 18.4 Å². The third-order valence-corrected chi connectivity index (χ3v) is 2.73. The van der Waals surface area contributed by atoms with Crippen molar-refractivity contribution in [1.29, 1.82) is 0 Å². The number of furan rings is 1. The van der Waals surface area contributed by atoms with Crippen LogP contribution in [0.3, 0.4) is 0 Å². The largest absolute Gasteiger partial charge is 0.442 e. The minimum Gasteiger partial charge on any atom is -0.442 e. The van der Waals surface area contributed by atoms with Crippen LogP contribution in [0.2, 0.25) is 0 Å². The monoisotopic (exact) mass is 305 g/mol. The number of H-pyrrole nitrogens is 1. The number of aliphatic hydroxyl groups is 1. The van der Waals surface area contributed by atoms with Crippen LogP contribution in [0.1, 0.15) is 16.1 Å². The van der Waals surface area contributed by atoms with E-state index in [2.05, 4.69) is 9.97 Å². The van der Waals surface area contributed by atoms with Crippen LogP contribution in [0, 0.1) is 6.92 Å². The van der Waals surface area contributed by atoms with E-state index in [1.807, 2.05) is 5.32 Å². The number of aromatic amines is 1. The number of nitrogens with zero attached hydrogens (tertiary/aromatic N) is 1. The summed E-state index contributed by atoms with van der Waals surface area (Å²) in [7, 11) is 0. The van der Waals surface area contributed by atoms with Crippen molar-refractivity contribution in [2.75, 3.05) is 6.54 Å². The van der Waals surface area contributed by atoms with Crippen LogP contribution in [-0.4, -0.2) is 39.8 Å². The summed E-state index contributed by atoms with van der Waals surface area (Å²) in [6.07, 6.45) is -6.47. The number of aliphatic hydroxyl groups excluding tert-OH is 1. The van der Waals surface area contributed by atoms with Crippen LogP contribution in [-0.2, 0) is 0 Å². The highest BCUT2D eigenvalue weighted by atomic mass is 19.4. The first-order chi connectivity index (χ1) is 9.71. The van der Waals surface area contributed by atoms with Gasteiger partial charge in [0.15, 0.2) is 6.10 Å². The smallest absolute Gasteiger partial charge is 0.416 e. The van der Waals surface area contributed by atoms with Crippen molar-refractivity contribution in [2.24, 2.45) is 0 Å². The second-order valence-corrected chi connectivity index (χ2v) is 4.21. The molecule has 0 aliphatic rings. The molecule has 0 radical (unpaired) electrons. The highest BCUT2D eigenvalue weighted by Crippen LogP contribution is 2.21. The molecule has 0 saturated carbocycles. The van der Waals surface area contributed by atoms with Gasteiger partial charge in [-0.3, -0.25) is 9.59 Å². The van der Waals surface area contributed by atoms with E-state index < -0.39 is 30.3 Å². The van der Waals surface area contributed by atoms with Crippen molar-refractivity contribution in [3.63, 3.8) is 0 Å². The fourth-order valence-corrected chi connectivity index (χ4v) is 1.72. The molecule has 0 aliphatic carbocycles. The summed E-state index contributed by atoms with van der Waals surface area (Å²) in [5.74, 6) is -0.929. The van der Waals surface area contributed by atoms with Gasteiger partial charge in [0.25, 0.3) is 11.5 Å². The number of aryl methyl sites for hydroxylation is 1. The average Bonchev–Trinajstić information content (AvgIpc) is 2.72. The first-order valence-electron chi connectivity index (χ1n) is 5.71. The molecule has 7 nitrogen and oxygen atoms in total. The first-order valence-corrected chi connectivity index (χ1v) is 5.71. The SMILES string of the molecule is Cc1oc2nc[nH]c(=O)c2c1C(=O)NCC(O)C(F)(F)F. The molecular formula is C11H10F3N3O4. The van der Waals surface area contributed by atoms with E-state index in [4.69, 9.17) is 9.52 Å². The lowest BCUT2D eigenvalue weighted by Crippen LogP contribution is -2.40. The van der Waals surface area contributed by atoms with E-state index in [1.165, 1.54) is 6.92 Å². The molecular weight excluding hydrogens is 295 g/mol.